The highest BCUT2D eigenvalue weighted by molar-refractivity contribution is 6.35. The van der Waals surface area contributed by atoms with E-state index in [1.807, 2.05) is 0 Å². The van der Waals surface area contributed by atoms with Crippen molar-refractivity contribution in [1.82, 2.24) is 15.7 Å². The second-order valence-electron chi connectivity index (χ2n) is 4.52. The number of pyridine rings is 1. The fourth-order valence-corrected chi connectivity index (χ4v) is 1.67. The lowest BCUT2D eigenvalue weighted by Gasteiger charge is -2.03. The molecule has 0 fully saturated rings. The molecule has 0 aliphatic carbocycles. The van der Waals surface area contributed by atoms with Crippen LogP contribution in [-0.2, 0) is 16.1 Å². The average Bonchev–Trinajstić information content (AvgIpc) is 2.61. The Morgan fingerprint density at radius 2 is 2.00 bits per heavy atom. The van der Waals surface area contributed by atoms with E-state index in [-0.39, 0.29) is 6.54 Å². The van der Waals surface area contributed by atoms with E-state index in [1.165, 1.54) is 6.21 Å². The van der Waals surface area contributed by atoms with Gasteiger partial charge in [0.15, 0.2) is 0 Å². The highest BCUT2D eigenvalue weighted by Crippen LogP contribution is 2.09. The van der Waals surface area contributed by atoms with Crippen LogP contribution in [-0.4, -0.2) is 30.1 Å². The minimum Gasteiger partial charge on any atom is -0.497 e. The molecule has 7 nitrogen and oxygen atoms in total. The van der Waals surface area contributed by atoms with Crippen molar-refractivity contribution in [2.75, 3.05) is 7.11 Å². The van der Waals surface area contributed by atoms with Crippen LogP contribution in [0, 0.1) is 0 Å². The summed E-state index contributed by atoms with van der Waals surface area (Å²) >= 11 is 0. The first kappa shape index (κ1) is 16.2. The average molecular weight is 312 g/mol. The molecule has 0 radical (unpaired) electrons. The van der Waals surface area contributed by atoms with Crippen molar-refractivity contribution in [2.45, 2.75) is 6.54 Å². The Bertz CT molecular complexity index is 684. The second-order valence-corrected chi connectivity index (χ2v) is 4.52. The van der Waals surface area contributed by atoms with Crippen molar-refractivity contribution in [3.63, 3.8) is 0 Å². The molecule has 0 atom stereocenters. The van der Waals surface area contributed by atoms with Gasteiger partial charge in [-0.05, 0) is 41.5 Å². The second kappa shape index (κ2) is 8.28. The molecule has 0 spiro atoms. The third kappa shape index (κ3) is 5.24. The predicted molar refractivity (Wildman–Crippen MR) is 84.8 cm³/mol. The summed E-state index contributed by atoms with van der Waals surface area (Å²) in [7, 11) is 1.58. The Hall–Kier alpha value is -3.22. The van der Waals surface area contributed by atoms with Gasteiger partial charge in [0.05, 0.1) is 13.3 Å². The number of hydrogen-bond donors (Lipinski definition) is 2. The van der Waals surface area contributed by atoms with E-state index in [9.17, 15) is 9.59 Å². The van der Waals surface area contributed by atoms with Gasteiger partial charge in [0.25, 0.3) is 0 Å². The summed E-state index contributed by atoms with van der Waals surface area (Å²) in [6, 6.07) is 10.6. The zero-order valence-electron chi connectivity index (χ0n) is 12.5. The lowest BCUT2D eigenvalue weighted by molar-refractivity contribution is -0.139. The van der Waals surface area contributed by atoms with Crippen molar-refractivity contribution >= 4 is 18.0 Å². The number of aromatic nitrogens is 1. The van der Waals surface area contributed by atoms with Crippen molar-refractivity contribution in [3.05, 3.63) is 59.9 Å². The molecule has 23 heavy (non-hydrogen) atoms. The maximum Gasteiger partial charge on any atom is 0.329 e. The maximum absolute atomic E-state index is 11.6. The molecule has 0 saturated carbocycles. The van der Waals surface area contributed by atoms with Gasteiger partial charge in [-0.15, -0.1) is 0 Å². The normalized spacial score (nSPS) is 10.3. The van der Waals surface area contributed by atoms with Gasteiger partial charge in [0, 0.05) is 18.9 Å². The van der Waals surface area contributed by atoms with Crippen molar-refractivity contribution < 1.29 is 14.3 Å². The molecule has 0 aliphatic heterocycles. The molecular weight excluding hydrogens is 296 g/mol. The standard InChI is InChI=1S/C16H16N4O3/c1-23-14-6-4-12(5-7-14)11-19-20-16(22)15(21)18-10-13-3-2-8-17-9-13/h2-9,11H,10H2,1H3,(H,18,21)(H,20,22)/b19-11+. The number of ether oxygens (including phenoxy) is 1. The third-order valence-electron chi connectivity index (χ3n) is 2.88. The van der Waals surface area contributed by atoms with Gasteiger partial charge in [0.2, 0.25) is 0 Å². The Kier molecular flexibility index (Phi) is 5.81. The van der Waals surface area contributed by atoms with Crippen molar-refractivity contribution in [1.29, 1.82) is 0 Å². The Morgan fingerprint density at radius 3 is 2.65 bits per heavy atom. The van der Waals surface area contributed by atoms with Crippen LogP contribution in [0.5, 0.6) is 5.75 Å². The fraction of sp³-hybridized carbons (Fsp3) is 0.125. The summed E-state index contributed by atoms with van der Waals surface area (Å²) in [6.07, 6.45) is 4.68. The van der Waals surface area contributed by atoms with Gasteiger partial charge in [-0.3, -0.25) is 14.6 Å². The molecule has 2 amide bonds. The monoisotopic (exact) mass is 312 g/mol. The summed E-state index contributed by atoms with van der Waals surface area (Å²) in [5.41, 5.74) is 3.73. The summed E-state index contributed by atoms with van der Waals surface area (Å²) in [5, 5.41) is 6.22. The first-order valence-corrected chi connectivity index (χ1v) is 6.83. The SMILES string of the molecule is COc1ccc(/C=N/NC(=O)C(=O)NCc2cccnc2)cc1. The Labute approximate surface area is 133 Å². The summed E-state index contributed by atoms with van der Waals surface area (Å²) < 4.78 is 5.04. The number of benzene rings is 1. The number of carbonyl (C=O) groups is 2. The molecule has 118 valence electrons. The number of hydrogen-bond acceptors (Lipinski definition) is 5. The lowest BCUT2D eigenvalue weighted by Crippen LogP contribution is -2.37. The molecule has 1 aromatic heterocycles. The van der Waals surface area contributed by atoms with E-state index < -0.39 is 11.8 Å². The Balaban J connectivity index is 1.79. The lowest BCUT2D eigenvalue weighted by atomic mass is 10.2. The highest BCUT2D eigenvalue weighted by atomic mass is 16.5. The molecule has 2 rings (SSSR count). The molecule has 1 aromatic carbocycles. The summed E-state index contributed by atoms with van der Waals surface area (Å²) in [4.78, 5) is 27.1. The molecule has 0 aliphatic rings. The van der Waals surface area contributed by atoms with Gasteiger partial charge >= 0.3 is 11.8 Å². The first-order chi connectivity index (χ1) is 11.2. The van der Waals surface area contributed by atoms with Gasteiger partial charge in [-0.25, -0.2) is 5.43 Å². The van der Waals surface area contributed by atoms with Gasteiger partial charge in [-0.2, -0.15) is 5.10 Å². The fourth-order valence-electron chi connectivity index (χ4n) is 1.67. The smallest absolute Gasteiger partial charge is 0.329 e. The van der Waals surface area contributed by atoms with Crippen LogP contribution in [0.15, 0.2) is 53.9 Å². The molecular formula is C16H16N4O3. The van der Waals surface area contributed by atoms with Crippen LogP contribution < -0.4 is 15.5 Å². The van der Waals surface area contributed by atoms with E-state index in [0.717, 1.165) is 16.9 Å². The minimum atomic E-state index is -0.835. The van der Waals surface area contributed by atoms with E-state index in [0.29, 0.717) is 0 Å². The number of rotatable bonds is 5. The van der Waals surface area contributed by atoms with E-state index in [4.69, 9.17) is 4.74 Å². The molecule has 1 heterocycles. The van der Waals surface area contributed by atoms with Gasteiger partial charge in [-0.1, -0.05) is 6.07 Å². The zero-order chi connectivity index (χ0) is 16.5. The predicted octanol–water partition coefficient (Wildman–Crippen LogP) is 0.857. The quantitative estimate of drug-likeness (QED) is 0.486. The molecule has 2 N–H and O–H groups in total. The van der Waals surface area contributed by atoms with Crippen LogP contribution in [0.3, 0.4) is 0 Å². The molecule has 7 heteroatoms. The summed E-state index contributed by atoms with van der Waals surface area (Å²) in [6.45, 7) is 0.224. The van der Waals surface area contributed by atoms with E-state index >= 15 is 0 Å². The molecule has 0 unspecified atom stereocenters. The van der Waals surface area contributed by atoms with Gasteiger partial charge in [0.1, 0.15) is 5.75 Å². The van der Waals surface area contributed by atoms with Crippen LogP contribution in [0.4, 0.5) is 0 Å². The number of nitrogens with zero attached hydrogens (tertiary/aromatic N) is 2. The molecule has 0 saturated heterocycles. The number of nitrogens with one attached hydrogen (secondary N) is 2. The number of amides is 2. The zero-order valence-corrected chi connectivity index (χ0v) is 12.5. The van der Waals surface area contributed by atoms with E-state index in [2.05, 4.69) is 20.8 Å². The van der Waals surface area contributed by atoms with Crippen LogP contribution in [0.1, 0.15) is 11.1 Å². The molecule has 0 bridgehead atoms. The van der Waals surface area contributed by atoms with Gasteiger partial charge < -0.3 is 10.1 Å². The molecule has 2 aromatic rings. The minimum absolute atomic E-state index is 0.224. The number of methoxy groups -OCH3 is 1. The number of hydrazone groups is 1. The largest absolute Gasteiger partial charge is 0.497 e. The highest BCUT2D eigenvalue weighted by Gasteiger charge is 2.11. The summed E-state index contributed by atoms with van der Waals surface area (Å²) in [5.74, 6) is -0.875. The van der Waals surface area contributed by atoms with Crippen LogP contribution in [0.2, 0.25) is 0 Å². The Morgan fingerprint density at radius 1 is 1.22 bits per heavy atom. The third-order valence-corrected chi connectivity index (χ3v) is 2.88. The maximum atomic E-state index is 11.6. The van der Waals surface area contributed by atoms with Crippen molar-refractivity contribution in [3.8, 4) is 5.75 Å². The van der Waals surface area contributed by atoms with E-state index in [1.54, 1.807) is 55.9 Å². The van der Waals surface area contributed by atoms with Crippen LogP contribution in [0.25, 0.3) is 0 Å². The number of carbonyl (C=O) groups excluding carboxylic acids is 2. The topological polar surface area (TPSA) is 92.7 Å². The van der Waals surface area contributed by atoms with Crippen molar-refractivity contribution in [2.24, 2.45) is 5.10 Å². The van der Waals surface area contributed by atoms with Crippen LogP contribution >= 0.6 is 0 Å². The first-order valence-electron chi connectivity index (χ1n) is 6.83.